The molecular formula is C11H15ClNO2+. The van der Waals surface area contributed by atoms with Crippen LogP contribution < -0.4 is 14.0 Å². The van der Waals surface area contributed by atoms with Crippen LogP contribution in [0.2, 0.25) is 0 Å². The number of fused-ring (bicyclic) bond motifs is 1. The van der Waals surface area contributed by atoms with E-state index in [1.54, 1.807) is 0 Å². The molecule has 4 heteroatoms. The Hall–Kier alpha value is -0.930. The first-order chi connectivity index (χ1) is 7.13. The molecule has 1 aromatic carbocycles. The normalized spacial score (nSPS) is 14.3. The first-order valence-electron chi connectivity index (χ1n) is 4.93. The number of hydrogen-bond donors (Lipinski definition) is 0. The van der Waals surface area contributed by atoms with Crippen LogP contribution in [-0.4, -0.2) is 33.3 Å². The summed E-state index contributed by atoms with van der Waals surface area (Å²) < 4.78 is 11.4. The molecule has 1 heterocycles. The van der Waals surface area contributed by atoms with E-state index in [1.807, 2.05) is 12.1 Å². The van der Waals surface area contributed by atoms with Gasteiger partial charge in [0, 0.05) is 12.1 Å². The van der Waals surface area contributed by atoms with E-state index in [4.69, 9.17) is 21.1 Å². The fourth-order valence-corrected chi connectivity index (χ4v) is 2.02. The van der Waals surface area contributed by atoms with E-state index in [0.29, 0.717) is 12.7 Å². The second-order valence-corrected chi connectivity index (χ2v) is 4.51. The minimum atomic E-state index is 0.321. The van der Waals surface area contributed by atoms with Gasteiger partial charge in [0.2, 0.25) is 6.79 Å². The first-order valence-corrected chi connectivity index (χ1v) is 5.46. The lowest BCUT2D eigenvalue weighted by Gasteiger charge is -2.28. The third kappa shape index (κ3) is 2.03. The first kappa shape index (κ1) is 10.6. The Morgan fingerprint density at radius 1 is 1.27 bits per heavy atom. The van der Waals surface area contributed by atoms with Gasteiger partial charge in [-0.15, -0.1) is 11.6 Å². The number of nitrogens with zero attached hydrogens (tertiary/aromatic N) is 1. The molecule has 1 aromatic rings. The van der Waals surface area contributed by atoms with E-state index in [9.17, 15) is 0 Å². The summed E-state index contributed by atoms with van der Waals surface area (Å²) in [4.78, 5) is 0. The van der Waals surface area contributed by atoms with Gasteiger partial charge in [0.25, 0.3) is 0 Å². The second kappa shape index (κ2) is 3.91. The molecule has 0 unspecified atom stereocenters. The van der Waals surface area contributed by atoms with Gasteiger partial charge in [0.1, 0.15) is 5.69 Å². The summed E-state index contributed by atoms with van der Waals surface area (Å²) in [6.07, 6.45) is 0. The molecule has 0 spiro atoms. The van der Waals surface area contributed by atoms with Crippen LogP contribution in [0.1, 0.15) is 0 Å². The van der Waals surface area contributed by atoms with E-state index < -0.39 is 0 Å². The summed E-state index contributed by atoms with van der Waals surface area (Å²) in [5.41, 5.74) is 1.18. The molecule has 3 nitrogen and oxygen atoms in total. The second-order valence-electron chi connectivity index (χ2n) is 4.14. The van der Waals surface area contributed by atoms with Gasteiger partial charge in [-0.2, -0.15) is 0 Å². The maximum Gasteiger partial charge on any atom is 0.231 e. The standard InChI is InChI=1S/C11H15ClNO2/c1-13(2,6-5-12)9-3-4-10-11(7-9)15-8-14-10/h3-4,7H,5-6,8H2,1-2H3/q+1. The van der Waals surface area contributed by atoms with Crippen LogP contribution in [0.25, 0.3) is 0 Å². The van der Waals surface area contributed by atoms with Crippen molar-refractivity contribution in [3.63, 3.8) is 0 Å². The molecule has 15 heavy (non-hydrogen) atoms. The Bertz CT molecular complexity index is 366. The fourth-order valence-electron chi connectivity index (χ4n) is 1.60. The zero-order valence-corrected chi connectivity index (χ0v) is 9.75. The van der Waals surface area contributed by atoms with Gasteiger partial charge in [-0.05, 0) is 6.07 Å². The van der Waals surface area contributed by atoms with E-state index in [-0.39, 0.29) is 0 Å². The van der Waals surface area contributed by atoms with Crippen molar-refractivity contribution in [2.75, 3.05) is 33.3 Å². The monoisotopic (exact) mass is 228 g/mol. The summed E-state index contributed by atoms with van der Waals surface area (Å²) in [5.74, 6) is 2.29. The summed E-state index contributed by atoms with van der Waals surface area (Å²) in [7, 11) is 4.25. The van der Waals surface area contributed by atoms with Crippen LogP contribution in [0.15, 0.2) is 18.2 Å². The highest BCUT2D eigenvalue weighted by atomic mass is 35.5. The molecule has 0 amide bonds. The largest absolute Gasteiger partial charge is 0.454 e. The van der Waals surface area contributed by atoms with Crippen LogP contribution in [0.4, 0.5) is 5.69 Å². The lowest BCUT2D eigenvalue weighted by Crippen LogP contribution is -2.42. The molecule has 0 bridgehead atoms. The third-order valence-corrected chi connectivity index (χ3v) is 2.87. The van der Waals surface area contributed by atoms with Crippen LogP contribution in [0.5, 0.6) is 11.5 Å². The predicted octanol–water partition coefficient (Wildman–Crippen LogP) is 2.22. The summed E-state index contributed by atoms with van der Waals surface area (Å²) in [5, 5.41) is 0. The Balaban J connectivity index is 2.29. The van der Waals surface area contributed by atoms with E-state index in [2.05, 4.69) is 20.2 Å². The number of rotatable bonds is 3. The molecule has 0 aromatic heterocycles. The molecule has 2 rings (SSSR count). The van der Waals surface area contributed by atoms with Crippen molar-refractivity contribution in [3.8, 4) is 11.5 Å². The number of ether oxygens (including phenoxy) is 2. The van der Waals surface area contributed by atoms with Crippen LogP contribution in [-0.2, 0) is 0 Å². The molecule has 1 aliphatic heterocycles. The highest BCUT2D eigenvalue weighted by molar-refractivity contribution is 6.18. The smallest absolute Gasteiger partial charge is 0.231 e. The van der Waals surface area contributed by atoms with Gasteiger partial charge in [-0.1, -0.05) is 0 Å². The Morgan fingerprint density at radius 2 is 2.00 bits per heavy atom. The maximum atomic E-state index is 5.78. The van der Waals surface area contributed by atoms with Crippen LogP contribution in [0.3, 0.4) is 0 Å². The Labute approximate surface area is 94.8 Å². The van der Waals surface area contributed by atoms with Crippen molar-refractivity contribution in [2.24, 2.45) is 0 Å². The average molecular weight is 229 g/mol. The molecule has 0 saturated carbocycles. The van der Waals surface area contributed by atoms with E-state index in [0.717, 1.165) is 22.5 Å². The molecule has 0 radical (unpaired) electrons. The zero-order chi connectivity index (χ0) is 10.9. The number of hydrogen-bond acceptors (Lipinski definition) is 2. The van der Waals surface area contributed by atoms with Gasteiger partial charge < -0.3 is 9.47 Å². The molecule has 0 atom stereocenters. The lowest BCUT2D eigenvalue weighted by atomic mass is 10.2. The van der Waals surface area contributed by atoms with Crippen LogP contribution in [0, 0.1) is 0 Å². The van der Waals surface area contributed by atoms with Gasteiger partial charge in [0.15, 0.2) is 11.5 Å². The van der Waals surface area contributed by atoms with Crippen molar-refractivity contribution < 1.29 is 9.47 Å². The van der Waals surface area contributed by atoms with Gasteiger partial charge in [-0.25, -0.2) is 0 Å². The Kier molecular flexibility index (Phi) is 2.76. The third-order valence-electron chi connectivity index (χ3n) is 2.70. The molecule has 82 valence electrons. The molecule has 0 aliphatic carbocycles. The number of alkyl halides is 1. The molecular weight excluding hydrogens is 214 g/mol. The highest BCUT2D eigenvalue weighted by Crippen LogP contribution is 2.36. The van der Waals surface area contributed by atoms with E-state index in [1.165, 1.54) is 5.69 Å². The average Bonchev–Trinajstić information content (AvgIpc) is 2.63. The number of benzene rings is 1. The van der Waals surface area contributed by atoms with Crippen molar-refractivity contribution >= 4 is 17.3 Å². The SMILES string of the molecule is C[N+](C)(CCCl)c1ccc2c(c1)OCO2. The van der Waals surface area contributed by atoms with Gasteiger partial charge in [-0.3, -0.25) is 4.48 Å². The van der Waals surface area contributed by atoms with Crippen molar-refractivity contribution in [2.45, 2.75) is 0 Å². The number of quaternary nitrogens is 1. The fraction of sp³-hybridized carbons (Fsp3) is 0.455. The maximum absolute atomic E-state index is 5.78. The minimum absolute atomic E-state index is 0.321. The van der Waals surface area contributed by atoms with Crippen LogP contribution >= 0.6 is 11.6 Å². The summed E-state index contributed by atoms with van der Waals surface area (Å²) >= 11 is 5.78. The quantitative estimate of drug-likeness (QED) is 0.584. The topological polar surface area (TPSA) is 18.5 Å². The summed E-state index contributed by atoms with van der Waals surface area (Å²) in [6.45, 7) is 1.21. The van der Waals surface area contributed by atoms with E-state index >= 15 is 0 Å². The molecule has 1 aliphatic rings. The van der Waals surface area contributed by atoms with Gasteiger partial charge in [0.05, 0.1) is 26.5 Å². The van der Waals surface area contributed by atoms with Crippen molar-refractivity contribution in [3.05, 3.63) is 18.2 Å². The van der Waals surface area contributed by atoms with Gasteiger partial charge >= 0.3 is 0 Å². The minimum Gasteiger partial charge on any atom is -0.454 e. The highest BCUT2D eigenvalue weighted by Gasteiger charge is 2.22. The lowest BCUT2D eigenvalue weighted by molar-refractivity contribution is 0.174. The summed E-state index contributed by atoms with van der Waals surface area (Å²) in [6, 6.07) is 6.03. The van der Waals surface area contributed by atoms with Crippen molar-refractivity contribution in [1.82, 2.24) is 4.48 Å². The van der Waals surface area contributed by atoms with Crippen molar-refractivity contribution in [1.29, 1.82) is 0 Å². The zero-order valence-electron chi connectivity index (χ0n) is 9.00. The number of halogens is 1. The molecule has 0 saturated heterocycles. The Morgan fingerprint density at radius 3 is 2.73 bits per heavy atom. The predicted molar refractivity (Wildman–Crippen MR) is 61.8 cm³/mol. The molecule has 0 N–H and O–H groups in total. The molecule has 0 fully saturated rings.